The van der Waals surface area contributed by atoms with Gasteiger partial charge >= 0.3 is 5.97 Å². The lowest BCUT2D eigenvalue weighted by Gasteiger charge is -2.17. The smallest absolute Gasteiger partial charge is 0.307 e. The Hall–Kier alpha value is -1.68. The van der Waals surface area contributed by atoms with E-state index >= 15 is 0 Å². The summed E-state index contributed by atoms with van der Waals surface area (Å²) in [5.74, 6) is -0.346. The molecule has 0 bridgehead atoms. The van der Waals surface area contributed by atoms with E-state index in [2.05, 4.69) is 11.4 Å². The van der Waals surface area contributed by atoms with Gasteiger partial charge in [-0.1, -0.05) is 19.1 Å². The Balaban J connectivity index is 2.11. The van der Waals surface area contributed by atoms with E-state index in [9.17, 15) is 9.59 Å². The molecule has 0 fully saturated rings. The van der Waals surface area contributed by atoms with Gasteiger partial charge in [-0.25, -0.2) is 0 Å². The van der Waals surface area contributed by atoms with E-state index in [1.54, 1.807) is 6.92 Å². The molecule has 1 aliphatic rings. The Bertz CT molecular complexity index is 539. The van der Waals surface area contributed by atoms with Crippen molar-refractivity contribution in [1.82, 2.24) is 5.32 Å². The highest BCUT2D eigenvalue weighted by Crippen LogP contribution is 2.23. The topological polar surface area (TPSA) is 55.4 Å². The lowest BCUT2D eigenvalue weighted by Crippen LogP contribution is -2.39. The standard InChI is InChI=1S/C18H25NO3/c1-3-10-19-16(12-17(20)22-4-2)18(21)15-9-8-13-6-5-7-14(13)11-15/h8-9,11,16,19H,3-7,10,12H2,1-2H3. The first-order chi connectivity index (χ1) is 10.7. The van der Waals surface area contributed by atoms with E-state index in [1.807, 2.05) is 19.1 Å². The molecule has 4 nitrogen and oxygen atoms in total. The Labute approximate surface area is 132 Å². The van der Waals surface area contributed by atoms with Gasteiger partial charge in [-0.3, -0.25) is 9.59 Å². The average molecular weight is 303 g/mol. The fourth-order valence-corrected chi connectivity index (χ4v) is 2.89. The van der Waals surface area contributed by atoms with Crippen LogP contribution in [0.5, 0.6) is 0 Å². The number of nitrogens with one attached hydrogen (secondary N) is 1. The Kier molecular flexibility index (Phi) is 6.13. The number of hydrogen-bond acceptors (Lipinski definition) is 4. The molecule has 1 aromatic carbocycles. The van der Waals surface area contributed by atoms with Gasteiger partial charge in [0.2, 0.25) is 0 Å². The second-order valence-electron chi connectivity index (χ2n) is 5.72. The second-order valence-corrected chi connectivity index (χ2v) is 5.72. The van der Waals surface area contributed by atoms with E-state index in [0.29, 0.717) is 18.7 Å². The molecule has 0 aliphatic heterocycles. The predicted octanol–water partition coefficient (Wildman–Crippen LogP) is 2.68. The molecule has 0 saturated heterocycles. The van der Waals surface area contributed by atoms with Gasteiger partial charge in [-0.2, -0.15) is 0 Å². The summed E-state index contributed by atoms with van der Waals surface area (Å²) in [5, 5.41) is 3.17. The highest BCUT2D eigenvalue weighted by Gasteiger charge is 2.24. The van der Waals surface area contributed by atoms with Crippen LogP contribution in [0.1, 0.15) is 54.6 Å². The predicted molar refractivity (Wildman–Crippen MR) is 86.1 cm³/mol. The van der Waals surface area contributed by atoms with Crippen molar-refractivity contribution in [3.05, 3.63) is 34.9 Å². The fraction of sp³-hybridized carbons (Fsp3) is 0.556. The molecule has 1 N–H and O–H groups in total. The van der Waals surface area contributed by atoms with Crippen molar-refractivity contribution in [3.8, 4) is 0 Å². The van der Waals surface area contributed by atoms with Crippen LogP contribution in [0.2, 0.25) is 0 Å². The molecule has 0 radical (unpaired) electrons. The molecule has 120 valence electrons. The van der Waals surface area contributed by atoms with Gasteiger partial charge in [0.25, 0.3) is 0 Å². The minimum absolute atomic E-state index is 0.0174. The monoisotopic (exact) mass is 303 g/mol. The van der Waals surface area contributed by atoms with Gasteiger partial charge in [0.1, 0.15) is 0 Å². The SMILES string of the molecule is CCCNC(CC(=O)OCC)C(=O)c1ccc2c(c1)CCC2. The molecule has 1 unspecified atom stereocenters. The van der Waals surface area contributed by atoms with Crippen molar-refractivity contribution < 1.29 is 14.3 Å². The van der Waals surface area contributed by atoms with Crippen LogP contribution in [0.3, 0.4) is 0 Å². The van der Waals surface area contributed by atoms with Crippen LogP contribution in [0, 0.1) is 0 Å². The second kappa shape index (κ2) is 8.08. The van der Waals surface area contributed by atoms with Crippen molar-refractivity contribution in [3.63, 3.8) is 0 Å². The quantitative estimate of drug-likeness (QED) is 0.592. The maximum Gasteiger partial charge on any atom is 0.307 e. The summed E-state index contributed by atoms with van der Waals surface area (Å²) in [5.41, 5.74) is 3.31. The van der Waals surface area contributed by atoms with Gasteiger partial charge in [0.15, 0.2) is 5.78 Å². The number of ketones is 1. The molecule has 1 atom stereocenters. The lowest BCUT2D eigenvalue weighted by atomic mass is 9.98. The number of Topliss-reactive ketones (excluding diaryl/α,β-unsaturated/α-hetero) is 1. The first-order valence-electron chi connectivity index (χ1n) is 8.20. The summed E-state index contributed by atoms with van der Waals surface area (Å²) in [4.78, 5) is 24.4. The average Bonchev–Trinajstić information content (AvgIpc) is 2.98. The third-order valence-corrected chi connectivity index (χ3v) is 4.02. The first kappa shape index (κ1) is 16.7. The summed E-state index contributed by atoms with van der Waals surface area (Å²) in [6, 6.07) is 5.43. The number of carbonyl (C=O) groups is 2. The van der Waals surface area contributed by atoms with Crippen molar-refractivity contribution >= 4 is 11.8 Å². The highest BCUT2D eigenvalue weighted by molar-refractivity contribution is 6.02. The molecule has 0 aromatic heterocycles. The third-order valence-electron chi connectivity index (χ3n) is 4.02. The number of ether oxygens (including phenoxy) is 1. The number of hydrogen-bond donors (Lipinski definition) is 1. The van der Waals surface area contributed by atoms with E-state index in [4.69, 9.17) is 4.74 Å². The maximum atomic E-state index is 12.7. The largest absolute Gasteiger partial charge is 0.466 e. The fourth-order valence-electron chi connectivity index (χ4n) is 2.89. The zero-order chi connectivity index (χ0) is 15.9. The molecule has 1 aliphatic carbocycles. The maximum absolute atomic E-state index is 12.7. The third kappa shape index (κ3) is 4.17. The van der Waals surface area contributed by atoms with Crippen LogP contribution in [0.15, 0.2) is 18.2 Å². The Morgan fingerprint density at radius 1 is 1.23 bits per heavy atom. The van der Waals surface area contributed by atoms with Crippen molar-refractivity contribution in [1.29, 1.82) is 0 Å². The van der Waals surface area contributed by atoms with Crippen LogP contribution in [-0.4, -0.2) is 30.9 Å². The Morgan fingerprint density at radius 3 is 2.73 bits per heavy atom. The molecule has 22 heavy (non-hydrogen) atoms. The highest BCUT2D eigenvalue weighted by atomic mass is 16.5. The number of benzene rings is 1. The summed E-state index contributed by atoms with van der Waals surface area (Å²) in [6.45, 7) is 4.86. The summed E-state index contributed by atoms with van der Waals surface area (Å²) < 4.78 is 4.98. The van der Waals surface area contributed by atoms with Gasteiger partial charge < -0.3 is 10.1 Å². The van der Waals surface area contributed by atoms with Crippen LogP contribution in [0.25, 0.3) is 0 Å². The van der Waals surface area contributed by atoms with Crippen LogP contribution < -0.4 is 5.32 Å². The van der Waals surface area contributed by atoms with Crippen LogP contribution in [-0.2, 0) is 22.4 Å². The molecule has 2 rings (SSSR count). The lowest BCUT2D eigenvalue weighted by molar-refractivity contribution is -0.143. The normalized spacial score (nSPS) is 14.5. The number of esters is 1. The molecule has 0 saturated carbocycles. The van der Waals surface area contributed by atoms with Gasteiger partial charge in [-0.15, -0.1) is 0 Å². The molecule has 1 aromatic rings. The van der Waals surface area contributed by atoms with E-state index in [1.165, 1.54) is 11.1 Å². The van der Waals surface area contributed by atoms with E-state index in [0.717, 1.165) is 25.7 Å². The molecule has 4 heteroatoms. The first-order valence-corrected chi connectivity index (χ1v) is 8.20. The van der Waals surface area contributed by atoms with Crippen molar-refractivity contribution in [2.24, 2.45) is 0 Å². The van der Waals surface area contributed by atoms with E-state index in [-0.39, 0.29) is 18.2 Å². The van der Waals surface area contributed by atoms with Crippen LogP contribution in [0.4, 0.5) is 0 Å². The van der Waals surface area contributed by atoms with Crippen molar-refractivity contribution in [2.45, 2.75) is 52.0 Å². The number of carbonyl (C=O) groups excluding carboxylic acids is 2. The Morgan fingerprint density at radius 2 is 2.00 bits per heavy atom. The molecule has 0 spiro atoms. The minimum Gasteiger partial charge on any atom is -0.466 e. The zero-order valence-electron chi connectivity index (χ0n) is 13.5. The summed E-state index contributed by atoms with van der Waals surface area (Å²) >= 11 is 0. The number of rotatable bonds is 8. The molecular formula is C18H25NO3. The molecular weight excluding hydrogens is 278 g/mol. The molecule has 0 amide bonds. The minimum atomic E-state index is -0.501. The van der Waals surface area contributed by atoms with Gasteiger partial charge in [-0.05, 0) is 56.3 Å². The van der Waals surface area contributed by atoms with Gasteiger partial charge in [0.05, 0.1) is 19.1 Å². The van der Waals surface area contributed by atoms with Crippen LogP contribution >= 0.6 is 0 Å². The zero-order valence-corrected chi connectivity index (χ0v) is 13.5. The van der Waals surface area contributed by atoms with Gasteiger partial charge in [0, 0.05) is 5.56 Å². The summed E-state index contributed by atoms with van der Waals surface area (Å²) in [6.07, 6.45) is 4.30. The van der Waals surface area contributed by atoms with E-state index < -0.39 is 6.04 Å². The van der Waals surface area contributed by atoms with Crippen molar-refractivity contribution in [2.75, 3.05) is 13.2 Å². The molecule has 0 heterocycles. The number of fused-ring (bicyclic) bond motifs is 1. The summed E-state index contributed by atoms with van der Waals surface area (Å²) in [7, 11) is 0. The number of aryl methyl sites for hydroxylation is 2.